The van der Waals surface area contributed by atoms with Crippen molar-refractivity contribution in [2.75, 3.05) is 0 Å². The van der Waals surface area contributed by atoms with E-state index in [1.807, 2.05) is 49.4 Å². The van der Waals surface area contributed by atoms with Crippen LogP contribution in [0.1, 0.15) is 60.9 Å². The van der Waals surface area contributed by atoms with Crippen LogP contribution in [0.5, 0.6) is 0 Å². The minimum atomic E-state index is -0.637. The van der Waals surface area contributed by atoms with Crippen molar-refractivity contribution in [2.45, 2.75) is 62.9 Å². The van der Waals surface area contributed by atoms with Gasteiger partial charge < -0.3 is 10.6 Å². The van der Waals surface area contributed by atoms with Gasteiger partial charge in [-0.25, -0.2) is 0 Å². The maximum atomic E-state index is 13.7. The highest BCUT2D eigenvalue weighted by Gasteiger charge is 2.43. The molecule has 7 heteroatoms. The van der Waals surface area contributed by atoms with Crippen molar-refractivity contribution >= 4 is 23.6 Å². The summed E-state index contributed by atoms with van der Waals surface area (Å²) in [5.74, 6) is -1.71. The monoisotopic (exact) mass is 459 g/mol. The first kappa shape index (κ1) is 22.3. The first-order valence-corrected chi connectivity index (χ1v) is 12.0. The van der Waals surface area contributed by atoms with Crippen molar-refractivity contribution in [2.24, 2.45) is 5.92 Å². The summed E-state index contributed by atoms with van der Waals surface area (Å²) < 4.78 is 0. The zero-order valence-electron chi connectivity index (χ0n) is 19.2. The molecular formula is C27H29N3O4. The summed E-state index contributed by atoms with van der Waals surface area (Å²) in [6.45, 7) is 2.00. The molecule has 3 aliphatic rings. The summed E-state index contributed by atoms with van der Waals surface area (Å²) in [7, 11) is 0. The second kappa shape index (κ2) is 8.70. The van der Waals surface area contributed by atoms with Crippen LogP contribution in [0.4, 0.5) is 0 Å². The second-order valence-electron chi connectivity index (χ2n) is 9.89. The van der Waals surface area contributed by atoms with Gasteiger partial charge in [-0.2, -0.15) is 0 Å². The normalized spacial score (nSPS) is 27.5. The van der Waals surface area contributed by atoms with E-state index in [-0.39, 0.29) is 42.6 Å². The highest BCUT2D eigenvalue weighted by atomic mass is 16.2. The van der Waals surface area contributed by atoms with Crippen LogP contribution in [-0.4, -0.2) is 29.7 Å². The molecule has 0 spiro atoms. The van der Waals surface area contributed by atoms with Gasteiger partial charge in [-0.1, -0.05) is 48.5 Å². The molecule has 176 valence electrons. The molecule has 3 N–H and O–H groups in total. The Morgan fingerprint density at radius 1 is 1.00 bits per heavy atom. The lowest BCUT2D eigenvalue weighted by atomic mass is 9.70. The van der Waals surface area contributed by atoms with Crippen LogP contribution in [0.25, 0.3) is 0 Å². The van der Waals surface area contributed by atoms with E-state index in [0.29, 0.717) is 6.42 Å². The number of carbonyl (C=O) groups is 4. The van der Waals surface area contributed by atoms with Crippen molar-refractivity contribution in [1.82, 2.24) is 16.0 Å². The van der Waals surface area contributed by atoms with E-state index >= 15 is 0 Å². The number of hydrogen-bond donors (Lipinski definition) is 3. The van der Waals surface area contributed by atoms with Gasteiger partial charge in [0, 0.05) is 12.8 Å². The number of nitrogens with one attached hydrogen (secondary N) is 3. The van der Waals surface area contributed by atoms with E-state index < -0.39 is 17.2 Å². The Kier molecular flexibility index (Phi) is 5.71. The minimum Gasteiger partial charge on any atom is -0.351 e. The van der Waals surface area contributed by atoms with Gasteiger partial charge in [-0.05, 0) is 54.9 Å². The smallest absolute Gasteiger partial charge is 0.230 e. The van der Waals surface area contributed by atoms with Crippen molar-refractivity contribution < 1.29 is 19.2 Å². The first-order chi connectivity index (χ1) is 16.3. The Hall–Kier alpha value is -3.48. The Bertz CT molecular complexity index is 1180. The molecule has 1 aliphatic heterocycles. The van der Waals surface area contributed by atoms with Gasteiger partial charge in [0.15, 0.2) is 0 Å². The standard InChI is InChI=1S/C27H29N3O4/c1-27(12-6-9-16-7-3-5-11-20(16)27)26(34)30-24-19-10-4-2-8-17(19)13-21(24)28-22(31)14-18-15-23(32)29-25(18)33/h2-5,7-8,10-11,18,21,24H,6,9,12-15H2,1H3,(H,28,31)(H,30,34)(H,29,32,33)/t18?,21-,24-,27?/m1/s1. The molecule has 34 heavy (non-hydrogen) atoms. The third-order valence-corrected chi connectivity index (χ3v) is 7.60. The predicted octanol–water partition coefficient (Wildman–Crippen LogP) is 2.23. The lowest BCUT2D eigenvalue weighted by Crippen LogP contribution is -2.50. The van der Waals surface area contributed by atoms with Crippen LogP contribution in [0.2, 0.25) is 0 Å². The number of hydrogen-bond acceptors (Lipinski definition) is 4. The van der Waals surface area contributed by atoms with E-state index in [1.165, 1.54) is 5.56 Å². The zero-order valence-corrected chi connectivity index (χ0v) is 19.2. The van der Waals surface area contributed by atoms with Crippen LogP contribution in [0.15, 0.2) is 48.5 Å². The lowest BCUT2D eigenvalue weighted by Gasteiger charge is -2.36. The quantitative estimate of drug-likeness (QED) is 0.597. The molecule has 0 aromatic heterocycles. The summed E-state index contributed by atoms with van der Waals surface area (Å²) in [5, 5.41) is 8.55. The maximum absolute atomic E-state index is 13.7. The molecular weight excluding hydrogens is 430 g/mol. The van der Waals surface area contributed by atoms with Gasteiger partial charge in [0.05, 0.1) is 23.4 Å². The van der Waals surface area contributed by atoms with Gasteiger partial charge >= 0.3 is 0 Å². The number of carbonyl (C=O) groups excluding carboxylic acids is 4. The molecule has 2 aliphatic carbocycles. The summed E-state index contributed by atoms with van der Waals surface area (Å²) in [6, 6.07) is 15.3. The topological polar surface area (TPSA) is 104 Å². The minimum absolute atomic E-state index is 0.0368. The first-order valence-electron chi connectivity index (χ1n) is 12.0. The average molecular weight is 460 g/mol. The third-order valence-electron chi connectivity index (χ3n) is 7.60. The molecule has 0 radical (unpaired) electrons. The van der Waals surface area contributed by atoms with Crippen molar-refractivity contribution in [3.63, 3.8) is 0 Å². The number of amides is 4. The second-order valence-corrected chi connectivity index (χ2v) is 9.89. The molecule has 1 fully saturated rings. The number of aryl methyl sites for hydroxylation is 1. The number of benzene rings is 2. The highest BCUT2D eigenvalue weighted by molar-refractivity contribution is 6.04. The third kappa shape index (κ3) is 4.00. The fraction of sp³-hybridized carbons (Fsp3) is 0.407. The predicted molar refractivity (Wildman–Crippen MR) is 126 cm³/mol. The van der Waals surface area contributed by atoms with E-state index in [2.05, 4.69) is 22.0 Å². The van der Waals surface area contributed by atoms with E-state index in [1.54, 1.807) is 0 Å². The molecule has 2 aromatic rings. The molecule has 4 amide bonds. The molecule has 2 aromatic carbocycles. The molecule has 1 heterocycles. The SMILES string of the molecule is CC1(C(=O)N[C@@H]2c3ccccc3C[C@H]2NC(=O)CC2CC(=O)NC2=O)CCCc2ccccc21. The van der Waals surface area contributed by atoms with E-state index in [9.17, 15) is 19.2 Å². The van der Waals surface area contributed by atoms with E-state index in [0.717, 1.165) is 36.0 Å². The number of rotatable bonds is 5. The molecule has 0 saturated carbocycles. The maximum Gasteiger partial charge on any atom is 0.230 e. The molecule has 7 nitrogen and oxygen atoms in total. The van der Waals surface area contributed by atoms with Gasteiger partial charge in [0.1, 0.15) is 0 Å². The van der Waals surface area contributed by atoms with Gasteiger partial charge in [-0.15, -0.1) is 0 Å². The Morgan fingerprint density at radius 2 is 1.74 bits per heavy atom. The zero-order chi connectivity index (χ0) is 23.9. The summed E-state index contributed by atoms with van der Waals surface area (Å²) in [5.41, 5.74) is 3.74. The molecule has 4 atom stereocenters. The summed E-state index contributed by atoms with van der Waals surface area (Å²) in [6.07, 6.45) is 3.28. The Labute approximate surface area is 198 Å². The molecule has 2 unspecified atom stereocenters. The summed E-state index contributed by atoms with van der Waals surface area (Å²) in [4.78, 5) is 49.9. The highest BCUT2D eigenvalue weighted by Crippen LogP contribution is 2.39. The fourth-order valence-corrected chi connectivity index (χ4v) is 5.75. The fourth-order valence-electron chi connectivity index (χ4n) is 5.75. The van der Waals surface area contributed by atoms with Crippen molar-refractivity contribution in [1.29, 1.82) is 0 Å². The van der Waals surface area contributed by atoms with Crippen molar-refractivity contribution in [3.8, 4) is 0 Å². The molecule has 5 rings (SSSR count). The molecule has 0 bridgehead atoms. The van der Waals surface area contributed by atoms with Gasteiger partial charge in [0.25, 0.3) is 0 Å². The van der Waals surface area contributed by atoms with Crippen LogP contribution in [0, 0.1) is 5.92 Å². The lowest BCUT2D eigenvalue weighted by molar-refractivity contribution is -0.130. The number of fused-ring (bicyclic) bond motifs is 2. The van der Waals surface area contributed by atoms with Crippen LogP contribution in [-0.2, 0) is 37.4 Å². The number of imide groups is 1. The largest absolute Gasteiger partial charge is 0.351 e. The van der Waals surface area contributed by atoms with Gasteiger partial charge in [-0.3, -0.25) is 24.5 Å². The van der Waals surface area contributed by atoms with Gasteiger partial charge in [0.2, 0.25) is 23.6 Å². The van der Waals surface area contributed by atoms with Crippen LogP contribution in [0.3, 0.4) is 0 Å². The van der Waals surface area contributed by atoms with Crippen LogP contribution < -0.4 is 16.0 Å². The Balaban J connectivity index is 1.35. The average Bonchev–Trinajstić information content (AvgIpc) is 3.32. The van der Waals surface area contributed by atoms with Crippen LogP contribution >= 0.6 is 0 Å². The van der Waals surface area contributed by atoms with Crippen molar-refractivity contribution in [3.05, 3.63) is 70.8 Å². The summed E-state index contributed by atoms with van der Waals surface area (Å²) >= 11 is 0. The Morgan fingerprint density at radius 3 is 2.50 bits per heavy atom. The molecule has 1 saturated heterocycles. The van der Waals surface area contributed by atoms with E-state index in [4.69, 9.17) is 0 Å².